The van der Waals surface area contributed by atoms with Gasteiger partial charge < -0.3 is 9.88 Å². The zero-order valence-corrected chi connectivity index (χ0v) is 16.6. The summed E-state index contributed by atoms with van der Waals surface area (Å²) < 4.78 is 2.01. The monoisotopic (exact) mass is 401 g/mol. The van der Waals surface area contributed by atoms with Crippen LogP contribution < -0.4 is 5.32 Å². The molecule has 0 aliphatic heterocycles. The van der Waals surface area contributed by atoms with Gasteiger partial charge in [-0.25, -0.2) is 4.98 Å². The molecule has 2 heterocycles. The highest BCUT2D eigenvalue weighted by Gasteiger charge is 2.07. The van der Waals surface area contributed by atoms with Crippen molar-refractivity contribution in [1.82, 2.24) is 35.1 Å². The van der Waals surface area contributed by atoms with E-state index in [-0.39, 0.29) is 5.91 Å². The van der Waals surface area contributed by atoms with Gasteiger partial charge in [-0.3, -0.25) is 4.79 Å². The van der Waals surface area contributed by atoms with Gasteiger partial charge in [0.15, 0.2) is 0 Å². The summed E-state index contributed by atoms with van der Waals surface area (Å²) in [7, 11) is 0. The third kappa shape index (κ3) is 5.38. The van der Waals surface area contributed by atoms with Crippen molar-refractivity contribution < 1.29 is 4.79 Å². The van der Waals surface area contributed by atoms with Crippen molar-refractivity contribution in [3.63, 3.8) is 0 Å². The van der Waals surface area contributed by atoms with Crippen LogP contribution in [0.15, 0.2) is 73.3 Å². The fraction of sp³-hybridized carbons (Fsp3) is 0.227. The molecule has 0 fully saturated rings. The maximum atomic E-state index is 12.2. The van der Waals surface area contributed by atoms with E-state index in [1.165, 1.54) is 10.4 Å². The number of hydrogen-bond donors (Lipinski definition) is 1. The fourth-order valence-electron chi connectivity index (χ4n) is 3.14. The normalized spacial score (nSPS) is 10.8. The van der Waals surface area contributed by atoms with Crippen molar-refractivity contribution in [3.8, 4) is 11.4 Å². The van der Waals surface area contributed by atoms with E-state index in [2.05, 4.69) is 37.8 Å². The lowest BCUT2D eigenvalue weighted by Gasteiger charge is -2.08. The largest absolute Gasteiger partial charge is 0.352 e. The molecule has 1 amide bonds. The molecule has 30 heavy (non-hydrogen) atoms. The molecule has 0 aliphatic carbocycles. The Morgan fingerprint density at radius 1 is 1.03 bits per heavy atom. The molecule has 4 rings (SSSR count). The molecule has 0 bridgehead atoms. The van der Waals surface area contributed by atoms with E-state index in [0.29, 0.717) is 31.8 Å². The number of rotatable bonds is 9. The first kappa shape index (κ1) is 19.5. The number of aryl methyl sites for hydroxylation is 1. The molecule has 4 aromatic rings. The second kappa shape index (κ2) is 9.60. The number of hydrogen-bond acceptors (Lipinski definition) is 5. The average molecular weight is 401 g/mol. The van der Waals surface area contributed by atoms with E-state index in [0.717, 1.165) is 17.7 Å². The molecule has 0 radical (unpaired) electrons. The number of aromatic nitrogens is 6. The van der Waals surface area contributed by atoms with Gasteiger partial charge >= 0.3 is 0 Å². The third-order valence-corrected chi connectivity index (χ3v) is 4.65. The van der Waals surface area contributed by atoms with Gasteiger partial charge in [0.05, 0.1) is 12.9 Å². The van der Waals surface area contributed by atoms with E-state index in [4.69, 9.17) is 0 Å². The second-order valence-electron chi connectivity index (χ2n) is 7.01. The summed E-state index contributed by atoms with van der Waals surface area (Å²) in [6.45, 7) is 1.82. The zero-order chi connectivity index (χ0) is 20.6. The Hall–Kier alpha value is -3.81. The minimum atomic E-state index is 0.0124. The molecule has 0 unspecified atom stereocenters. The van der Waals surface area contributed by atoms with Gasteiger partial charge in [-0.1, -0.05) is 54.6 Å². The molecule has 0 saturated carbocycles. The van der Waals surface area contributed by atoms with E-state index in [1.807, 2.05) is 53.2 Å². The van der Waals surface area contributed by atoms with Gasteiger partial charge in [0.25, 0.3) is 0 Å². The minimum absolute atomic E-state index is 0.0124. The number of tetrazole rings is 1. The number of amides is 1. The Morgan fingerprint density at radius 3 is 2.73 bits per heavy atom. The molecule has 0 atom stereocenters. The highest BCUT2D eigenvalue weighted by molar-refractivity contribution is 5.75. The summed E-state index contributed by atoms with van der Waals surface area (Å²) in [5.74, 6) is 0.606. The van der Waals surface area contributed by atoms with Gasteiger partial charge in [0, 0.05) is 37.5 Å². The molecule has 0 spiro atoms. The van der Waals surface area contributed by atoms with Crippen LogP contribution in [0.2, 0.25) is 0 Å². The van der Waals surface area contributed by atoms with Crippen molar-refractivity contribution in [3.05, 3.63) is 84.4 Å². The van der Waals surface area contributed by atoms with Crippen LogP contribution in [0.25, 0.3) is 11.4 Å². The summed E-state index contributed by atoms with van der Waals surface area (Å²) in [5, 5.41) is 15.5. The molecule has 2 aromatic carbocycles. The molecule has 0 saturated heterocycles. The molecule has 1 N–H and O–H groups in total. The van der Waals surface area contributed by atoms with E-state index in [1.54, 1.807) is 12.5 Å². The first-order chi connectivity index (χ1) is 14.8. The standard InChI is InChI=1S/C22H23N7O/c30-21(10-5-12-29-26-22(25-27-29)20-8-2-1-3-9-20)24-15-18-6-4-7-19(14-18)16-28-13-11-23-17-28/h1-4,6-9,11,13-14,17H,5,10,12,15-16H2,(H,24,30). The molecule has 0 aliphatic rings. The zero-order valence-electron chi connectivity index (χ0n) is 16.6. The van der Waals surface area contributed by atoms with E-state index < -0.39 is 0 Å². The van der Waals surface area contributed by atoms with Gasteiger partial charge in [0.1, 0.15) is 0 Å². The van der Waals surface area contributed by atoms with Crippen molar-refractivity contribution in [2.45, 2.75) is 32.5 Å². The maximum absolute atomic E-state index is 12.2. The number of imidazole rings is 1. The third-order valence-electron chi connectivity index (χ3n) is 4.65. The summed E-state index contributed by atoms with van der Waals surface area (Å²) in [5.41, 5.74) is 3.18. The average Bonchev–Trinajstić information content (AvgIpc) is 3.46. The maximum Gasteiger partial charge on any atom is 0.220 e. The number of carbonyl (C=O) groups excluding carboxylic acids is 1. The van der Waals surface area contributed by atoms with Crippen LogP contribution in [0.5, 0.6) is 0 Å². The quantitative estimate of drug-likeness (QED) is 0.466. The van der Waals surface area contributed by atoms with Crippen molar-refractivity contribution >= 4 is 5.91 Å². The summed E-state index contributed by atoms with van der Waals surface area (Å²) in [6.07, 6.45) is 6.55. The van der Waals surface area contributed by atoms with Crippen LogP contribution in [-0.2, 0) is 24.4 Å². The molecule has 8 nitrogen and oxygen atoms in total. The van der Waals surface area contributed by atoms with Crippen LogP contribution in [0.4, 0.5) is 0 Å². The lowest BCUT2D eigenvalue weighted by atomic mass is 10.1. The summed E-state index contributed by atoms with van der Waals surface area (Å²) in [4.78, 5) is 17.8. The Morgan fingerprint density at radius 2 is 1.90 bits per heavy atom. The van der Waals surface area contributed by atoms with Crippen molar-refractivity contribution in [2.75, 3.05) is 0 Å². The first-order valence-corrected chi connectivity index (χ1v) is 9.90. The Bertz CT molecular complexity index is 1070. The summed E-state index contributed by atoms with van der Waals surface area (Å²) >= 11 is 0. The Labute approximate surface area is 174 Å². The topological polar surface area (TPSA) is 90.5 Å². The molecule has 2 aromatic heterocycles. The number of benzene rings is 2. The van der Waals surface area contributed by atoms with Crippen molar-refractivity contribution in [1.29, 1.82) is 0 Å². The number of carbonyl (C=O) groups is 1. The lowest BCUT2D eigenvalue weighted by Crippen LogP contribution is -2.23. The SMILES string of the molecule is O=C(CCCn1nnc(-c2ccccc2)n1)NCc1cccc(Cn2ccnc2)c1. The van der Waals surface area contributed by atoms with Gasteiger partial charge in [-0.15, -0.1) is 10.2 Å². The highest BCUT2D eigenvalue weighted by atomic mass is 16.1. The van der Waals surface area contributed by atoms with Crippen LogP contribution in [0.3, 0.4) is 0 Å². The second-order valence-corrected chi connectivity index (χ2v) is 7.01. The van der Waals surface area contributed by atoms with Crippen LogP contribution >= 0.6 is 0 Å². The van der Waals surface area contributed by atoms with E-state index in [9.17, 15) is 4.79 Å². The van der Waals surface area contributed by atoms with Crippen LogP contribution in [-0.4, -0.2) is 35.7 Å². The van der Waals surface area contributed by atoms with Crippen LogP contribution in [0, 0.1) is 0 Å². The Kier molecular flexibility index (Phi) is 6.24. The minimum Gasteiger partial charge on any atom is -0.352 e. The fourth-order valence-corrected chi connectivity index (χ4v) is 3.14. The molecular weight excluding hydrogens is 378 g/mol. The van der Waals surface area contributed by atoms with Crippen molar-refractivity contribution in [2.24, 2.45) is 0 Å². The predicted octanol–water partition coefficient (Wildman–Crippen LogP) is 2.68. The predicted molar refractivity (Wildman–Crippen MR) is 112 cm³/mol. The Balaban J connectivity index is 1.21. The van der Waals surface area contributed by atoms with Gasteiger partial charge in [-0.2, -0.15) is 4.80 Å². The smallest absolute Gasteiger partial charge is 0.220 e. The summed E-state index contributed by atoms with van der Waals surface area (Å²) in [6, 6.07) is 17.9. The lowest BCUT2D eigenvalue weighted by molar-refractivity contribution is -0.121. The highest BCUT2D eigenvalue weighted by Crippen LogP contribution is 2.12. The number of nitrogens with one attached hydrogen (secondary N) is 1. The van der Waals surface area contributed by atoms with Crippen LogP contribution in [0.1, 0.15) is 24.0 Å². The molecule has 152 valence electrons. The number of nitrogens with zero attached hydrogens (tertiary/aromatic N) is 6. The van der Waals surface area contributed by atoms with Gasteiger partial charge in [0.2, 0.25) is 11.7 Å². The van der Waals surface area contributed by atoms with E-state index >= 15 is 0 Å². The van der Waals surface area contributed by atoms with Gasteiger partial charge in [-0.05, 0) is 22.8 Å². The molecular formula is C22H23N7O. The molecule has 8 heteroatoms. The first-order valence-electron chi connectivity index (χ1n) is 9.90.